The monoisotopic (exact) mass is 313 g/mol. The van der Waals surface area contributed by atoms with Crippen LogP contribution in [0, 0.1) is 0 Å². The zero-order chi connectivity index (χ0) is 15.7. The molecule has 0 spiro atoms. The van der Waals surface area contributed by atoms with Gasteiger partial charge in [-0.25, -0.2) is 0 Å². The van der Waals surface area contributed by atoms with Crippen LogP contribution in [0.4, 0.5) is 5.69 Å². The standard InChI is InChI=1S/C15H24ClN3O2/c1-4-17-10-12-9-13(16)5-6-14(12)19(2)11-15(20)18-7-8-21-3/h5-6,9,17H,4,7-8,10-11H2,1-3H3,(H,18,20). The number of nitrogens with zero attached hydrogens (tertiary/aromatic N) is 1. The first kappa shape index (κ1) is 17.8. The van der Waals surface area contributed by atoms with Crippen LogP contribution >= 0.6 is 11.6 Å². The normalized spacial score (nSPS) is 10.5. The van der Waals surface area contributed by atoms with Crippen LogP contribution in [0.15, 0.2) is 18.2 Å². The first-order valence-electron chi connectivity index (χ1n) is 7.04. The summed E-state index contributed by atoms with van der Waals surface area (Å²) in [7, 11) is 3.51. The number of carbonyl (C=O) groups is 1. The lowest BCUT2D eigenvalue weighted by Crippen LogP contribution is -2.37. The van der Waals surface area contributed by atoms with Gasteiger partial charge in [0.1, 0.15) is 0 Å². The van der Waals surface area contributed by atoms with Gasteiger partial charge in [-0.15, -0.1) is 0 Å². The van der Waals surface area contributed by atoms with Crippen molar-refractivity contribution in [1.29, 1.82) is 0 Å². The van der Waals surface area contributed by atoms with Crippen LogP contribution in [0.5, 0.6) is 0 Å². The molecule has 6 heteroatoms. The molecule has 0 saturated carbocycles. The molecule has 0 unspecified atom stereocenters. The Morgan fingerprint density at radius 3 is 2.86 bits per heavy atom. The molecule has 1 aromatic carbocycles. The van der Waals surface area contributed by atoms with E-state index < -0.39 is 0 Å². The average Bonchev–Trinajstić information content (AvgIpc) is 2.45. The average molecular weight is 314 g/mol. The fraction of sp³-hybridized carbons (Fsp3) is 0.533. The lowest BCUT2D eigenvalue weighted by molar-refractivity contribution is -0.119. The molecule has 0 heterocycles. The fourth-order valence-corrected chi connectivity index (χ4v) is 2.17. The Balaban J connectivity index is 2.67. The number of halogens is 1. The van der Waals surface area contributed by atoms with Crippen LogP contribution in [0.2, 0.25) is 5.02 Å². The number of likely N-dealkylation sites (N-methyl/N-ethyl adjacent to an activating group) is 1. The molecule has 0 fully saturated rings. The van der Waals surface area contributed by atoms with Gasteiger partial charge >= 0.3 is 0 Å². The summed E-state index contributed by atoms with van der Waals surface area (Å²) in [6.45, 7) is 4.99. The van der Waals surface area contributed by atoms with E-state index in [9.17, 15) is 4.79 Å². The van der Waals surface area contributed by atoms with Crippen LogP contribution in [0.25, 0.3) is 0 Å². The topological polar surface area (TPSA) is 53.6 Å². The van der Waals surface area contributed by atoms with Crippen molar-refractivity contribution in [2.24, 2.45) is 0 Å². The predicted octanol–water partition coefficient (Wildman–Crippen LogP) is 1.65. The minimum atomic E-state index is -0.0288. The number of methoxy groups -OCH3 is 1. The second kappa shape index (κ2) is 9.60. The van der Waals surface area contributed by atoms with Gasteiger partial charge < -0.3 is 20.3 Å². The smallest absolute Gasteiger partial charge is 0.239 e. The highest BCUT2D eigenvalue weighted by atomic mass is 35.5. The minimum Gasteiger partial charge on any atom is -0.383 e. The van der Waals surface area contributed by atoms with Gasteiger partial charge in [-0.3, -0.25) is 4.79 Å². The molecule has 0 aliphatic rings. The summed E-state index contributed by atoms with van der Waals surface area (Å²) in [4.78, 5) is 13.8. The van der Waals surface area contributed by atoms with Crippen molar-refractivity contribution < 1.29 is 9.53 Å². The third-order valence-corrected chi connectivity index (χ3v) is 3.26. The first-order valence-corrected chi connectivity index (χ1v) is 7.42. The van der Waals surface area contributed by atoms with Crippen molar-refractivity contribution in [2.45, 2.75) is 13.5 Å². The van der Waals surface area contributed by atoms with E-state index in [2.05, 4.69) is 17.6 Å². The van der Waals surface area contributed by atoms with Crippen molar-refractivity contribution in [3.8, 4) is 0 Å². The highest BCUT2D eigenvalue weighted by molar-refractivity contribution is 6.30. The molecule has 0 aromatic heterocycles. The molecular formula is C15H24ClN3O2. The predicted molar refractivity (Wildman–Crippen MR) is 87.0 cm³/mol. The van der Waals surface area contributed by atoms with Gasteiger partial charge in [-0.2, -0.15) is 0 Å². The number of rotatable bonds is 9. The number of hydrogen-bond donors (Lipinski definition) is 2. The number of ether oxygens (including phenoxy) is 1. The number of anilines is 1. The number of amides is 1. The van der Waals surface area contributed by atoms with Crippen molar-refractivity contribution in [2.75, 3.05) is 45.3 Å². The Bertz CT molecular complexity index is 455. The molecule has 0 aliphatic carbocycles. The maximum absolute atomic E-state index is 11.8. The minimum absolute atomic E-state index is 0.0288. The van der Waals surface area contributed by atoms with E-state index in [1.807, 2.05) is 30.1 Å². The highest BCUT2D eigenvalue weighted by Crippen LogP contribution is 2.23. The molecule has 21 heavy (non-hydrogen) atoms. The maximum atomic E-state index is 11.8. The van der Waals surface area contributed by atoms with Gasteiger partial charge in [-0.05, 0) is 30.3 Å². The number of carbonyl (C=O) groups excluding carboxylic acids is 1. The molecule has 1 aromatic rings. The third kappa shape index (κ3) is 6.33. The van der Waals surface area contributed by atoms with Crippen LogP contribution < -0.4 is 15.5 Å². The Morgan fingerprint density at radius 2 is 2.19 bits per heavy atom. The summed E-state index contributed by atoms with van der Waals surface area (Å²) in [6, 6.07) is 5.71. The Kier molecular flexibility index (Phi) is 8.12. The molecule has 118 valence electrons. The fourth-order valence-electron chi connectivity index (χ4n) is 1.98. The molecule has 0 saturated heterocycles. The molecule has 0 bridgehead atoms. The second-order valence-corrected chi connectivity index (χ2v) is 5.19. The van der Waals surface area contributed by atoms with Gasteiger partial charge in [0, 0.05) is 38.0 Å². The summed E-state index contributed by atoms with van der Waals surface area (Å²) < 4.78 is 4.91. The number of benzene rings is 1. The van der Waals surface area contributed by atoms with Crippen molar-refractivity contribution >= 4 is 23.2 Å². The van der Waals surface area contributed by atoms with Crippen molar-refractivity contribution in [3.05, 3.63) is 28.8 Å². The first-order chi connectivity index (χ1) is 10.1. The van der Waals surface area contributed by atoms with Gasteiger partial charge in [-0.1, -0.05) is 18.5 Å². The van der Waals surface area contributed by atoms with E-state index in [0.29, 0.717) is 24.7 Å². The zero-order valence-electron chi connectivity index (χ0n) is 12.9. The van der Waals surface area contributed by atoms with Crippen LogP contribution in [-0.2, 0) is 16.1 Å². The van der Waals surface area contributed by atoms with E-state index in [4.69, 9.17) is 16.3 Å². The second-order valence-electron chi connectivity index (χ2n) is 4.75. The summed E-state index contributed by atoms with van der Waals surface area (Å²) in [6.07, 6.45) is 0. The molecule has 0 radical (unpaired) electrons. The van der Waals surface area contributed by atoms with E-state index in [1.54, 1.807) is 7.11 Å². The maximum Gasteiger partial charge on any atom is 0.239 e. The molecule has 1 rings (SSSR count). The Morgan fingerprint density at radius 1 is 1.43 bits per heavy atom. The lowest BCUT2D eigenvalue weighted by atomic mass is 10.1. The summed E-state index contributed by atoms with van der Waals surface area (Å²) in [5.41, 5.74) is 2.08. The summed E-state index contributed by atoms with van der Waals surface area (Å²) in [5, 5.41) is 6.79. The summed E-state index contributed by atoms with van der Waals surface area (Å²) in [5.74, 6) is -0.0288. The molecule has 0 aliphatic heterocycles. The van der Waals surface area contributed by atoms with Gasteiger partial charge in [0.05, 0.1) is 13.2 Å². The number of nitrogens with one attached hydrogen (secondary N) is 2. The molecule has 0 atom stereocenters. The SMILES string of the molecule is CCNCc1cc(Cl)ccc1N(C)CC(=O)NCCOC. The van der Waals surface area contributed by atoms with Gasteiger partial charge in [0.2, 0.25) is 5.91 Å². The molecule has 5 nitrogen and oxygen atoms in total. The molecule has 2 N–H and O–H groups in total. The Hall–Kier alpha value is -1.30. The van der Waals surface area contributed by atoms with E-state index >= 15 is 0 Å². The van der Waals surface area contributed by atoms with Crippen LogP contribution in [0.3, 0.4) is 0 Å². The zero-order valence-corrected chi connectivity index (χ0v) is 13.7. The van der Waals surface area contributed by atoms with Gasteiger partial charge in [0.25, 0.3) is 0 Å². The van der Waals surface area contributed by atoms with E-state index in [-0.39, 0.29) is 5.91 Å². The quantitative estimate of drug-likeness (QED) is 0.681. The largest absolute Gasteiger partial charge is 0.383 e. The van der Waals surface area contributed by atoms with Crippen molar-refractivity contribution in [3.63, 3.8) is 0 Å². The van der Waals surface area contributed by atoms with Crippen LogP contribution in [0.1, 0.15) is 12.5 Å². The highest BCUT2D eigenvalue weighted by Gasteiger charge is 2.11. The van der Waals surface area contributed by atoms with Crippen molar-refractivity contribution in [1.82, 2.24) is 10.6 Å². The van der Waals surface area contributed by atoms with Gasteiger partial charge in [0.15, 0.2) is 0 Å². The molecule has 1 amide bonds. The lowest BCUT2D eigenvalue weighted by Gasteiger charge is -2.22. The number of hydrogen-bond acceptors (Lipinski definition) is 4. The Labute approximate surface area is 131 Å². The molecular weight excluding hydrogens is 290 g/mol. The van der Waals surface area contributed by atoms with E-state index in [0.717, 1.165) is 24.3 Å². The third-order valence-electron chi connectivity index (χ3n) is 3.03. The van der Waals surface area contributed by atoms with Crippen LogP contribution in [-0.4, -0.2) is 46.3 Å². The summed E-state index contributed by atoms with van der Waals surface area (Å²) >= 11 is 6.05. The van der Waals surface area contributed by atoms with E-state index in [1.165, 1.54) is 0 Å².